The molecule has 2 fully saturated rings. The van der Waals surface area contributed by atoms with Gasteiger partial charge in [0.1, 0.15) is 0 Å². The van der Waals surface area contributed by atoms with Crippen molar-refractivity contribution in [2.24, 2.45) is 17.8 Å². The molecule has 2 aliphatic rings. The topological polar surface area (TPSA) is 69.6 Å². The summed E-state index contributed by atoms with van der Waals surface area (Å²) in [5.41, 5.74) is 0. The zero-order valence-electron chi connectivity index (χ0n) is 13.0. The molecule has 1 aliphatic carbocycles. The van der Waals surface area contributed by atoms with Gasteiger partial charge in [-0.05, 0) is 56.8 Å². The summed E-state index contributed by atoms with van der Waals surface area (Å²) < 4.78 is 0. The molecule has 1 saturated carbocycles. The zero-order chi connectivity index (χ0) is 15.2. The molecule has 0 bridgehead atoms. The van der Waals surface area contributed by atoms with Crippen molar-refractivity contribution in [3.05, 3.63) is 0 Å². The van der Waals surface area contributed by atoms with Gasteiger partial charge >= 0.3 is 12.0 Å². The van der Waals surface area contributed by atoms with Crippen LogP contribution in [0.2, 0.25) is 0 Å². The SMILES string of the molecule is CC1CCCN(C(=O)NCC2CCC(C(=O)O)CC2)CC1. The van der Waals surface area contributed by atoms with E-state index in [1.54, 1.807) is 0 Å². The maximum atomic E-state index is 12.2. The number of amides is 2. The number of rotatable bonds is 3. The molecule has 0 aromatic rings. The fourth-order valence-electron chi connectivity index (χ4n) is 3.42. The highest BCUT2D eigenvalue weighted by Crippen LogP contribution is 2.28. The summed E-state index contributed by atoms with van der Waals surface area (Å²) in [4.78, 5) is 25.0. The van der Waals surface area contributed by atoms with Crippen molar-refractivity contribution < 1.29 is 14.7 Å². The third kappa shape index (κ3) is 4.90. The molecule has 1 saturated heterocycles. The monoisotopic (exact) mass is 296 g/mol. The minimum atomic E-state index is -0.670. The standard InChI is InChI=1S/C16H28N2O3/c1-12-3-2-9-18(10-8-12)16(21)17-11-13-4-6-14(7-5-13)15(19)20/h12-14H,2-11H2,1H3,(H,17,21)(H,19,20). The molecule has 2 N–H and O–H groups in total. The Bertz CT molecular complexity index is 365. The zero-order valence-corrected chi connectivity index (χ0v) is 13.0. The third-order valence-corrected chi connectivity index (χ3v) is 5.04. The average Bonchev–Trinajstić information content (AvgIpc) is 2.70. The third-order valence-electron chi connectivity index (χ3n) is 5.04. The second kappa shape index (κ2) is 7.66. The molecule has 1 aliphatic heterocycles. The van der Waals surface area contributed by atoms with Crippen LogP contribution >= 0.6 is 0 Å². The molecule has 1 unspecified atom stereocenters. The molecule has 1 heterocycles. The number of urea groups is 1. The van der Waals surface area contributed by atoms with Gasteiger partial charge < -0.3 is 15.3 Å². The van der Waals surface area contributed by atoms with Crippen molar-refractivity contribution in [3.63, 3.8) is 0 Å². The molecule has 5 heteroatoms. The van der Waals surface area contributed by atoms with E-state index in [2.05, 4.69) is 12.2 Å². The van der Waals surface area contributed by atoms with Crippen molar-refractivity contribution in [3.8, 4) is 0 Å². The molecule has 0 aromatic heterocycles. The van der Waals surface area contributed by atoms with Gasteiger partial charge in [-0.2, -0.15) is 0 Å². The molecular weight excluding hydrogens is 268 g/mol. The molecule has 5 nitrogen and oxygen atoms in total. The number of aliphatic carboxylic acids is 1. The van der Waals surface area contributed by atoms with Gasteiger partial charge in [0.25, 0.3) is 0 Å². The molecule has 0 aromatic carbocycles. The Balaban J connectivity index is 1.68. The van der Waals surface area contributed by atoms with E-state index < -0.39 is 5.97 Å². The van der Waals surface area contributed by atoms with Crippen LogP contribution in [0.1, 0.15) is 51.9 Å². The first-order valence-electron chi connectivity index (χ1n) is 8.32. The Hall–Kier alpha value is -1.26. The second-order valence-electron chi connectivity index (χ2n) is 6.77. The van der Waals surface area contributed by atoms with Gasteiger partial charge in [0, 0.05) is 19.6 Å². The van der Waals surface area contributed by atoms with Crippen molar-refractivity contribution in [2.75, 3.05) is 19.6 Å². The number of carboxylic acids is 1. The van der Waals surface area contributed by atoms with Crippen molar-refractivity contribution in [1.29, 1.82) is 0 Å². The van der Waals surface area contributed by atoms with Crippen molar-refractivity contribution >= 4 is 12.0 Å². The molecule has 120 valence electrons. The van der Waals surface area contributed by atoms with Gasteiger partial charge in [0.15, 0.2) is 0 Å². The van der Waals surface area contributed by atoms with Gasteiger partial charge in [0.05, 0.1) is 5.92 Å². The summed E-state index contributed by atoms with van der Waals surface area (Å²) in [5.74, 6) is 0.310. The van der Waals surface area contributed by atoms with E-state index in [9.17, 15) is 9.59 Å². The molecule has 0 radical (unpaired) electrons. The number of nitrogens with one attached hydrogen (secondary N) is 1. The number of carbonyl (C=O) groups is 2. The van der Waals surface area contributed by atoms with Gasteiger partial charge in [-0.1, -0.05) is 6.92 Å². The minimum Gasteiger partial charge on any atom is -0.481 e. The lowest BCUT2D eigenvalue weighted by atomic mass is 9.82. The first-order valence-corrected chi connectivity index (χ1v) is 8.32. The van der Waals surface area contributed by atoms with E-state index in [1.807, 2.05) is 4.90 Å². The van der Waals surface area contributed by atoms with Gasteiger partial charge in [-0.25, -0.2) is 4.79 Å². The highest BCUT2D eigenvalue weighted by atomic mass is 16.4. The van der Waals surface area contributed by atoms with E-state index in [4.69, 9.17) is 5.11 Å². The molecule has 2 rings (SSSR count). The largest absolute Gasteiger partial charge is 0.481 e. The summed E-state index contributed by atoms with van der Waals surface area (Å²) in [6.07, 6.45) is 6.72. The molecule has 0 spiro atoms. The molecule has 1 atom stereocenters. The van der Waals surface area contributed by atoms with E-state index in [1.165, 1.54) is 6.42 Å². The van der Waals surface area contributed by atoms with Crippen LogP contribution < -0.4 is 5.32 Å². The van der Waals surface area contributed by atoms with Crippen LogP contribution in [0, 0.1) is 17.8 Å². The first kappa shape index (κ1) is 16.1. The Morgan fingerprint density at radius 3 is 2.48 bits per heavy atom. The quantitative estimate of drug-likeness (QED) is 0.841. The molecule has 2 amide bonds. The molecule has 21 heavy (non-hydrogen) atoms. The van der Waals surface area contributed by atoms with Crippen molar-refractivity contribution in [1.82, 2.24) is 10.2 Å². The minimum absolute atomic E-state index is 0.0597. The maximum absolute atomic E-state index is 12.2. The van der Waals surface area contributed by atoms with Gasteiger partial charge in [0.2, 0.25) is 0 Å². The average molecular weight is 296 g/mol. The number of hydrogen-bond donors (Lipinski definition) is 2. The fourth-order valence-corrected chi connectivity index (χ4v) is 3.42. The van der Waals surface area contributed by atoms with Gasteiger partial charge in [-0.3, -0.25) is 4.79 Å². The predicted octanol–water partition coefficient (Wildman–Crippen LogP) is 2.71. The predicted molar refractivity (Wildman–Crippen MR) is 81.1 cm³/mol. The summed E-state index contributed by atoms with van der Waals surface area (Å²) in [6.45, 7) is 4.67. The summed E-state index contributed by atoms with van der Waals surface area (Å²) in [6, 6.07) is 0.0597. The fraction of sp³-hybridized carbons (Fsp3) is 0.875. The summed E-state index contributed by atoms with van der Waals surface area (Å²) in [7, 11) is 0. The van der Waals surface area contributed by atoms with E-state index in [-0.39, 0.29) is 11.9 Å². The highest BCUT2D eigenvalue weighted by molar-refractivity contribution is 5.74. The molecular formula is C16H28N2O3. The highest BCUT2D eigenvalue weighted by Gasteiger charge is 2.26. The van der Waals surface area contributed by atoms with E-state index in [0.29, 0.717) is 18.4 Å². The maximum Gasteiger partial charge on any atom is 0.317 e. The van der Waals surface area contributed by atoms with Crippen LogP contribution in [-0.4, -0.2) is 41.6 Å². The Morgan fingerprint density at radius 2 is 1.81 bits per heavy atom. The van der Waals surface area contributed by atoms with Crippen LogP contribution in [0.15, 0.2) is 0 Å². The number of carboxylic acid groups (broad SMARTS) is 1. The van der Waals surface area contributed by atoms with E-state index >= 15 is 0 Å². The van der Waals surface area contributed by atoms with Crippen LogP contribution in [0.3, 0.4) is 0 Å². The summed E-state index contributed by atoms with van der Waals surface area (Å²) in [5, 5.41) is 12.0. The lowest BCUT2D eigenvalue weighted by Gasteiger charge is -2.27. The second-order valence-corrected chi connectivity index (χ2v) is 6.77. The Kier molecular flexibility index (Phi) is 5.88. The Labute approximate surface area is 127 Å². The first-order chi connectivity index (χ1) is 10.1. The van der Waals surface area contributed by atoms with Gasteiger partial charge in [-0.15, -0.1) is 0 Å². The van der Waals surface area contributed by atoms with Crippen LogP contribution in [0.5, 0.6) is 0 Å². The number of carbonyl (C=O) groups excluding carboxylic acids is 1. The van der Waals surface area contributed by atoms with Crippen LogP contribution in [-0.2, 0) is 4.79 Å². The smallest absolute Gasteiger partial charge is 0.317 e. The van der Waals surface area contributed by atoms with Crippen LogP contribution in [0.4, 0.5) is 4.79 Å². The Morgan fingerprint density at radius 1 is 1.10 bits per heavy atom. The van der Waals surface area contributed by atoms with E-state index in [0.717, 1.165) is 51.6 Å². The van der Waals surface area contributed by atoms with Crippen LogP contribution in [0.25, 0.3) is 0 Å². The number of nitrogens with zero attached hydrogens (tertiary/aromatic N) is 1. The summed E-state index contributed by atoms with van der Waals surface area (Å²) >= 11 is 0. The number of likely N-dealkylation sites (tertiary alicyclic amines) is 1. The lowest BCUT2D eigenvalue weighted by molar-refractivity contribution is -0.143. The normalized spacial score (nSPS) is 30.5. The van der Waals surface area contributed by atoms with Crippen molar-refractivity contribution in [2.45, 2.75) is 51.9 Å². The number of hydrogen-bond acceptors (Lipinski definition) is 2. The lowest BCUT2D eigenvalue weighted by Crippen LogP contribution is -2.42.